The lowest BCUT2D eigenvalue weighted by molar-refractivity contribution is 0.326. The van der Waals surface area contributed by atoms with Gasteiger partial charge in [-0.3, -0.25) is 0 Å². The summed E-state index contributed by atoms with van der Waals surface area (Å²) in [4.78, 5) is 0. The van der Waals surface area contributed by atoms with E-state index in [0.717, 1.165) is 19.5 Å². The predicted molar refractivity (Wildman–Crippen MR) is 62.2 cm³/mol. The van der Waals surface area contributed by atoms with Crippen molar-refractivity contribution in [3.8, 4) is 0 Å². The first-order valence-electron chi connectivity index (χ1n) is 5.46. The maximum Gasteiger partial charge on any atom is 0.216 e. The van der Waals surface area contributed by atoms with Crippen molar-refractivity contribution in [2.45, 2.75) is 44.9 Å². The molecular formula is C10H22N2O2S. The number of sulfonamides is 1. The fourth-order valence-corrected chi connectivity index (χ4v) is 2.67. The van der Waals surface area contributed by atoms with Gasteiger partial charge in [-0.1, -0.05) is 6.92 Å². The molecule has 0 amide bonds. The molecule has 4 nitrogen and oxygen atoms in total. The van der Waals surface area contributed by atoms with Crippen LogP contribution in [-0.2, 0) is 10.0 Å². The average molecular weight is 234 g/mol. The van der Waals surface area contributed by atoms with E-state index in [0.29, 0.717) is 5.92 Å². The van der Waals surface area contributed by atoms with Gasteiger partial charge in [0.1, 0.15) is 0 Å². The first kappa shape index (κ1) is 12.9. The zero-order valence-corrected chi connectivity index (χ0v) is 10.8. The Balaban J connectivity index is 2.69. The highest BCUT2D eigenvalue weighted by molar-refractivity contribution is 7.90. The van der Waals surface area contributed by atoms with E-state index >= 15 is 0 Å². The largest absolute Gasteiger partial charge is 0.316 e. The summed E-state index contributed by atoms with van der Waals surface area (Å²) >= 11 is 0. The van der Waals surface area contributed by atoms with Crippen molar-refractivity contribution in [2.75, 3.05) is 13.1 Å². The van der Waals surface area contributed by atoms with Crippen LogP contribution < -0.4 is 10.0 Å². The minimum absolute atomic E-state index is 0.0791. The summed E-state index contributed by atoms with van der Waals surface area (Å²) in [6, 6.07) is 0.0791. The standard InChI is InChI=1S/C10H22N2O2S/c1-8-7-11-6-5-9(8)12-15(13,14)10(2,3)4/h8-9,11-12H,5-7H2,1-4H3. The van der Waals surface area contributed by atoms with Gasteiger partial charge in [-0.05, 0) is 46.2 Å². The quantitative estimate of drug-likeness (QED) is 0.739. The van der Waals surface area contributed by atoms with Crippen LogP contribution in [0.2, 0.25) is 0 Å². The van der Waals surface area contributed by atoms with Gasteiger partial charge < -0.3 is 5.32 Å². The second-order valence-electron chi connectivity index (χ2n) is 5.31. The zero-order chi connectivity index (χ0) is 11.7. The van der Waals surface area contributed by atoms with Gasteiger partial charge in [0.25, 0.3) is 0 Å². The third-order valence-corrected chi connectivity index (χ3v) is 5.12. The number of hydrogen-bond acceptors (Lipinski definition) is 3. The van der Waals surface area contributed by atoms with E-state index in [1.807, 2.05) is 0 Å². The molecule has 0 saturated carbocycles. The van der Waals surface area contributed by atoms with Crippen LogP contribution in [-0.4, -0.2) is 32.3 Å². The summed E-state index contributed by atoms with van der Waals surface area (Å²) in [5.41, 5.74) is 0. The molecule has 1 fully saturated rings. The molecule has 90 valence electrons. The molecule has 1 heterocycles. The summed E-state index contributed by atoms with van der Waals surface area (Å²) in [5.74, 6) is 0.357. The first-order valence-corrected chi connectivity index (χ1v) is 6.95. The highest BCUT2D eigenvalue weighted by Crippen LogP contribution is 2.18. The lowest BCUT2D eigenvalue weighted by atomic mass is 9.97. The van der Waals surface area contributed by atoms with E-state index in [4.69, 9.17) is 0 Å². The Morgan fingerprint density at radius 3 is 2.40 bits per heavy atom. The van der Waals surface area contributed by atoms with Gasteiger partial charge in [0, 0.05) is 6.04 Å². The fraction of sp³-hybridized carbons (Fsp3) is 1.00. The van der Waals surface area contributed by atoms with Crippen LogP contribution in [0, 0.1) is 5.92 Å². The van der Waals surface area contributed by atoms with Crippen LogP contribution in [0.5, 0.6) is 0 Å². The van der Waals surface area contributed by atoms with E-state index in [2.05, 4.69) is 17.0 Å². The highest BCUT2D eigenvalue weighted by Gasteiger charge is 2.33. The topological polar surface area (TPSA) is 58.2 Å². The Labute approximate surface area is 92.9 Å². The van der Waals surface area contributed by atoms with Crippen LogP contribution in [0.15, 0.2) is 0 Å². The van der Waals surface area contributed by atoms with Crippen molar-refractivity contribution in [3.05, 3.63) is 0 Å². The van der Waals surface area contributed by atoms with E-state index in [1.54, 1.807) is 20.8 Å². The van der Waals surface area contributed by atoms with E-state index in [-0.39, 0.29) is 6.04 Å². The summed E-state index contributed by atoms with van der Waals surface area (Å²) in [7, 11) is -3.21. The molecule has 1 rings (SSSR count). The van der Waals surface area contributed by atoms with Crippen LogP contribution in [0.3, 0.4) is 0 Å². The summed E-state index contributed by atoms with van der Waals surface area (Å²) in [5, 5.41) is 3.25. The zero-order valence-electron chi connectivity index (χ0n) is 10.0. The maximum atomic E-state index is 11.9. The summed E-state index contributed by atoms with van der Waals surface area (Å²) in [6.45, 7) is 9.02. The van der Waals surface area contributed by atoms with Gasteiger partial charge >= 0.3 is 0 Å². The number of hydrogen-bond donors (Lipinski definition) is 2. The van der Waals surface area contributed by atoms with Crippen LogP contribution in [0.1, 0.15) is 34.1 Å². The van der Waals surface area contributed by atoms with Gasteiger partial charge in [-0.2, -0.15) is 0 Å². The molecule has 1 saturated heterocycles. The van der Waals surface area contributed by atoms with Gasteiger partial charge in [-0.15, -0.1) is 0 Å². The van der Waals surface area contributed by atoms with Crippen molar-refractivity contribution in [1.82, 2.24) is 10.0 Å². The molecule has 1 aliphatic rings. The van der Waals surface area contributed by atoms with Crippen molar-refractivity contribution in [2.24, 2.45) is 5.92 Å². The molecule has 2 unspecified atom stereocenters. The molecule has 15 heavy (non-hydrogen) atoms. The molecule has 2 N–H and O–H groups in total. The monoisotopic (exact) mass is 234 g/mol. The first-order chi connectivity index (χ1) is 6.74. The van der Waals surface area contributed by atoms with Gasteiger partial charge in [-0.25, -0.2) is 13.1 Å². The van der Waals surface area contributed by atoms with Gasteiger partial charge in [0.2, 0.25) is 10.0 Å². The van der Waals surface area contributed by atoms with Crippen LogP contribution >= 0.6 is 0 Å². The van der Waals surface area contributed by atoms with Crippen molar-refractivity contribution in [3.63, 3.8) is 0 Å². The number of rotatable bonds is 2. The Hall–Kier alpha value is -0.130. The summed E-state index contributed by atoms with van der Waals surface area (Å²) in [6.07, 6.45) is 0.872. The molecule has 0 aliphatic carbocycles. The number of piperidine rings is 1. The van der Waals surface area contributed by atoms with E-state index < -0.39 is 14.8 Å². The van der Waals surface area contributed by atoms with Crippen molar-refractivity contribution < 1.29 is 8.42 Å². The molecule has 0 aromatic carbocycles. The molecule has 5 heteroatoms. The Morgan fingerprint density at radius 1 is 1.33 bits per heavy atom. The Bertz CT molecular complexity index is 306. The normalized spacial score (nSPS) is 29.1. The molecule has 1 aliphatic heterocycles. The third-order valence-electron chi connectivity index (χ3n) is 2.90. The second kappa shape index (κ2) is 4.39. The Morgan fingerprint density at radius 2 is 1.93 bits per heavy atom. The van der Waals surface area contributed by atoms with Crippen molar-refractivity contribution >= 4 is 10.0 Å². The molecule has 2 atom stereocenters. The van der Waals surface area contributed by atoms with E-state index in [9.17, 15) is 8.42 Å². The highest BCUT2D eigenvalue weighted by atomic mass is 32.2. The van der Waals surface area contributed by atoms with Crippen molar-refractivity contribution in [1.29, 1.82) is 0 Å². The number of nitrogens with one attached hydrogen (secondary N) is 2. The average Bonchev–Trinajstić information content (AvgIpc) is 2.06. The SMILES string of the molecule is CC1CNCCC1NS(=O)(=O)C(C)(C)C. The van der Waals surface area contributed by atoms with Crippen LogP contribution in [0.25, 0.3) is 0 Å². The maximum absolute atomic E-state index is 11.9. The molecular weight excluding hydrogens is 212 g/mol. The molecule has 0 aromatic rings. The minimum Gasteiger partial charge on any atom is -0.316 e. The Kier molecular flexibility index (Phi) is 3.79. The van der Waals surface area contributed by atoms with E-state index in [1.165, 1.54) is 0 Å². The fourth-order valence-electron chi connectivity index (χ4n) is 1.57. The summed E-state index contributed by atoms with van der Waals surface area (Å²) < 4.78 is 26.0. The molecule has 0 aromatic heterocycles. The molecule has 0 bridgehead atoms. The van der Waals surface area contributed by atoms with Gasteiger partial charge in [0.15, 0.2) is 0 Å². The third kappa shape index (κ3) is 3.16. The lowest BCUT2D eigenvalue weighted by Crippen LogP contribution is -2.52. The minimum atomic E-state index is -3.21. The second-order valence-corrected chi connectivity index (χ2v) is 7.78. The molecule has 0 spiro atoms. The van der Waals surface area contributed by atoms with Crippen LogP contribution in [0.4, 0.5) is 0 Å². The smallest absolute Gasteiger partial charge is 0.216 e. The predicted octanol–water partition coefficient (Wildman–Crippen LogP) is 0.702. The lowest BCUT2D eigenvalue weighted by Gasteiger charge is -2.32. The molecule has 0 radical (unpaired) electrons. The van der Waals surface area contributed by atoms with Gasteiger partial charge in [0.05, 0.1) is 4.75 Å².